The van der Waals surface area contributed by atoms with Crippen molar-refractivity contribution >= 4 is 11.7 Å². The number of amides is 2. The third kappa shape index (κ3) is 2.39. The molecule has 3 N–H and O–H groups in total. The zero-order chi connectivity index (χ0) is 9.97. The summed E-state index contributed by atoms with van der Waals surface area (Å²) in [6, 6.07) is 6.55. The predicted octanol–water partition coefficient (Wildman–Crippen LogP) is 1.68. The summed E-state index contributed by atoms with van der Waals surface area (Å²) in [7, 11) is 0. The molecule has 1 saturated carbocycles. The first-order chi connectivity index (χ1) is 6.74. The molecule has 0 spiro atoms. The van der Waals surface area contributed by atoms with Crippen LogP contribution in [0.4, 0.5) is 10.5 Å². The number of carbonyl (C=O) groups excluding carboxylic acids is 1. The molecule has 0 bridgehead atoms. The number of phenols is 1. The zero-order valence-corrected chi connectivity index (χ0v) is 7.66. The van der Waals surface area contributed by atoms with Crippen LogP contribution in [0, 0.1) is 0 Å². The van der Waals surface area contributed by atoms with Crippen molar-refractivity contribution in [1.82, 2.24) is 5.32 Å². The first-order valence-corrected chi connectivity index (χ1v) is 4.60. The van der Waals surface area contributed by atoms with Gasteiger partial charge in [-0.15, -0.1) is 0 Å². The van der Waals surface area contributed by atoms with E-state index in [1.807, 2.05) is 0 Å². The number of carbonyl (C=O) groups is 1. The Morgan fingerprint density at radius 3 is 2.50 bits per heavy atom. The minimum atomic E-state index is -0.182. The molecular weight excluding hydrogens is 180 g/mol. The van der Waals surface area contributed by atoms with Crippen LogP contribution < -0.4 is 10.6 Å². The van der Waals surface area contributed by atoms with Gasteiger partial charge in [0, 0.05) is 11.7 Å². The topological polar surface area (TPSA) is 61.4 Å². The van der Waals surface area contributed by atoms with E-state index in [1.54, 1.807) is 12.1 Å². The van der Waals surface area contributed by atoms with E-state index in [4.69, 9.17) is 5.11 Å². The lowest BCUT2D eigenvalue weighted by Crippen LogP contribution is -2.30. The summed E-state index contributed by atoms with van der Waals surface area (Å²) in [5.74, 6) is 0.193. The summed E-state index contributed by atoms with van der Waals surface area (Å²) in [6.07, 6.45) is 2.14. The molecule has 2 amide bonds. The highest BCUT2D eigenvalue weighted by molar-refractivity contribution is 5.89. The Hall–Kier alpha value is -1.71. The normalized spacial score (nSPS) is 14.9. The van der Waals surface area contributed by atoms with Gasteiger partial charge in [0.05, 0.1) is 0 Å². The van der Waals surface area contributed by atoms with E-state index in [0.717, 1.165) is 12.8 Å². The van der Waals surface area contributed by atoms with Gasteiger partial charge in [-0.1, -0.05) is 0 Å². The first-order valence-electron chi connectivity index (χ1n) is 4.60. The molecule has 1 aromatic carbocycles. The van der Waals surface area contributed by atoms with Crippen LogP contribution in [-0.2, 0) is 0 Å². The third-order valence-corrected chi connectivity index (χ3v) is 2.04. The largest absolute Gasteiger partial charge is 0.508 e. The van der Waals surface area contributed by atoms with Gasteiger partial charge in [-0.05, 0) is 37.1 Å². The van der Waals surface area contributed by atoms with Crippen molar-refractivity contribution in [2.24, 2.45) is 0 Å². The maximum Gasteiger partial charge on any atom is 0.319 e. The molecule has 0 aromatic heterocycles. The molecule has 1 fully saturated rings. The molecule has 1 aliphatic carbocycles. The number of nitrogens with one attached hydrogen (secondary N) is 2. The average Bonchev–Trinajstić information content (AvgIpc) is 2.93. The molecule has 0 unspecified atom stereocenters. The molecule has 0 heterocycles. The van der Waals surface area contributed by atoms with E-state index in [0.29, 0.717) is 11.7 Å². The van der Waals surface area contributed by atoms with Gasteiger partial charge in [0.15, 0.2) is 0 Å². The lowest BCUT2D eigenvalue weighted by atomic mass is 10.3. The molecule has 1 aromatic rings. The van der Waals surface area contributed by atoms with Gasteiger partial charge in [0.1, 0.15) is 5.75 Å². The highest BCUT2D eigenvalue weighted by Gasteiger charge is 2.22. The van der Waals surface area contributed by atoms with Gasteiger partial charge < -0.3 is 15.7 Å². The van der Waals surface area contributed by atoms with E-state index in [9.17, 15) is 4.79 Å². The quantitative estimate of drug-likeness (QED) is 0.624. The number of hydrogen-bond donors (Lipinski definition) is 3. The molecule has 74 valence electrons. The Morgan fingerprint density at radius 1 is 1.29 bits per heavy atom. The number of phenolic OH excluding ortho intramolecular Hbond substituents is 1. The summed E-state index contributed by atoms with van der Waals surface area (Å²) in [4.78, 5) is 11.3. The minimum Gasteiger partial charge on any atom is -0.508 e. The van der Waals surface area contributed by atoms with Crippen LogP contribution in [0.2, 0.25) is 0 Å². The number of benzene rings is 1. The lowest BCUT2D eigenvalue weighted by Gasteiger charge is -2.05. The first kappa shape index (κ1) is 8.87. The van der Waals surface area contributed by atoms with Crippen molar-refractivity contribution in [1.29, 1.82) is 0 Å². The van der Waals surface area contributed by atoms with Crippen molar-refractivity contribution in [3.05, 3.63) is 24.3 Å². The highest BCUT2D eigenvalue weighted by atomic mass is 16.3. The fraction of sp³-hybridized carbons (Fsp3) is 0.300. The average molecular weight is 192 g/mol. The molecular formula is C10H12N2O2. The van der Waals surface area contributed by atoms with Gasteiger partial charge in [-0.25, -0.2) is 4.79 Å². The van der Waals surface area contributed by atoms with Crippen LogP contribution in [-0.4, -0.2) is 17.2 Å². The molecule has 2 rings (SSSR count). The maximum atomic E-state index is 11.3. The third-order valence-electron chi connectivity index (χ3n) is 2.04. The van der Waals surface area contributed by atoms with E-state index in [-0.39, 0.29) is 11.8 Å². The van der Waals surface area contributed by atoms with Crippen molar-refractivity contribution in [3.63, 3.8) is 0 Å². The van der Waals surface area contributed by atoms with Gasteiger partial charge >= 0.3 is 6.03 Å². The molecule has 4 nitrogen and oxygen atoms in total. The molecule has 14 heavy (non-hydrogen) atoms. The number of urea groups is 1. The second-order valence-electron chi connectivity index (χ2n) is 3.42. The number of anilines is 1. The Labute approximate surface area is 81.9 Å². The van der Waals surface area contributed by atoms with Crippen LogP contribution in [0.25, 0.3) is 0 Å². The van der Waals surface area contributed by atoms with Gasteiger partial charge in [-0.3, -0.25) is 0 Å². The summed E-state index contributed by atoms with van der Waals surface area (Å²) in [6.45, 7) is 0. The number of rotatable bonds is 2. The smallest absolute Gasteiger partial charge is 0.319 e. The molecule has 0 aliphatic heterocycles. The standard InChI is InChI=1S/C10H12N2O2/c13-9-5-3-8(4-6-9)12-10(14)11-7-1-2-7/h3-7,13H,1-2H2,(H2,11,12,14). The van der Waals surface area contributed by atoms with Crippen LogP contribution in [0.3, 0.4) is 0 Å². The van der Waals surface area contributed by atoms with Crippen LogP contribution in [0.5, 0.6) is 5.75 Å². The van der Waals surface area contributed by atoms with Crippen LogP contribution in [0.15, 0.2) is 24.3 Å². The van der Waals surface area contributed by atoms with Gasteiger partial charge in [0.25, 0.3) is 0 Å². The predicted molar refractivity (Wildman–Crippen MR) is 53.3 cm³/mol. The van der Waals surface area contributed by atoms with Crippen molar-refractivity contribution in [2.45, 2.75) is 18.9 Å². The van der Waals surface area contributed by atoms with Gasteiger partial charge in [-0.2, -0.15) is 0 Å². The van der Waals surface area contributed by atoms with E-state index >= 15 is 0 Å². The zero-order valence-electron chi connectivity index (χ0n) is 7.66. The highest BCUT2D eigenvalue weighted by Crippen LogP contribution is 2.19. The van der Waals surface area contributed by atoms with Crippen molar-refractivity contribution < 1.29 is 9.90 Å². The Kier molecular flexibility index (Phi) is 2.26. The summed E-state index contributed by atoms with van der Waals surface area (Å²) in [5.41, 5.74) is 0.681. The monoisotopic (exact) mass is 192 g/mol. The SMILES string of the molecule is O=C(Nc1ccc(O)cc1)NC1CC1. The van der Waals surface area contributed by atoms with E-state index in [1.165, 1.54) is 12.1 Å². The maximum absolute atomic E-state index is 11.3. The molecule has 4 heteroatoms. The Morgan fingerprint density at radius 2 is 1.93 bits per heavy atom. The number of hydrogen-bond acceptors (Lipinski definition) is 2. The van der Waals surface area contributed by atoms with Gasteiger partial charge in [0.2, 0.25) is 0 Å². The van der Waals surface area contributed by atoms with E-state index < -0.39 is 0 Å². The van der Waals surface area contributed by atoms with Crippen molar-refractivity contribution in [3.8, 4) is 5.75 Å². The summed E-state index contributed by atoms with van der Waals surface area (Å²) in [5, 5.41) is 14.5. The lowest BCUT2D eigenvalue weighted by molar-refractivity contribution is 0.251. The fourth-order valence-electron chi connectivity index (χ4n) is 1.13. The Balaban J connectivity index is 1.89. The van der Waals surface area contributed by atoms with Crippen molar-refractivity contribution in [2.75, 3.05) is 5.32 Å². The minimum absolute atomic E-state index is 0.182. The second kappa shape index (κ2) is 3.57. The molecule has 1 aliphatic rings. The molecule has 0 radical (unpaired) electrons. The summed E-state index contributed by atoms with van der Waals surface area (Å²) >= 11 is 0. The van der Waals surface area contributed by atoms with E-state index in [2.05, 4.69) is 10.6 Å². The number of aromatic hydroxyl groups is 1. The van der Waals surface area contributed by atoms with Crippen LogP contribution >= 0.6 is 0 Å². The summed E-state index contributed by atoms with van der Waals surface area (Å²) < 4.78 is 0. The fourth-order valence-corrected chi connectivity index (χ4v) is 1.13. The molecule has 0 saturated heterocycles. The Bertz CT molecular complexity index is 330. The second-order valence-corrected chi connectivity index (χ2v) is 3.42. The molecule has 0 atom stereocenters. The van der Waals surface area contributed by atoms with Crippen LogP contribution in [0.1, 0.15) is 12.8 Å².